The van der Waals surface area contributed by atoms with Crippen molar-refractivity contribution in [2.24, 2.45) is 5.92 Å². The molecule has 3 atom stereocenters. The van der Waals surface area contributed by atoms with Gasteiger partial charge in [0.15, 0.2) is 0 Å². The third kappa shape index (κ3) is 3.75. The standard InChI is InChI=1S/C16H22F3N/c1-11-6-3-4-9-15(11)12(2)20-14-8-5-7-13(10-14)16(17,18)19/h3-4,6,9,12-14,20H,5,7-8,10H2,1-2H3/t12-,13?,14?/m1/s1. The fourth-order valence-corrected chi connectivity index (χ4v) is 3.15. The predicted molar refractivity (Wildman–Crippen MR) is 74.5 cm³/mol. The highest BCUT2D eigenvalue weighted by atomic mass is 19.4. The summed E-state index contributed by atoms with van der Waals surface area (Å²) in [6.45, 7) is 4.06. The summed E-state index contributed by atoms with van der Waals surface area (Å²) < 4.78 is 38.4. The molecule has 112 valence electrons. The van der Waals surface area contributed by atoms with E-state index in [0.717, 1.165) is 6.42 Å². The first-order valence-corrected chi connectivity index (χ1v) is 7.26. The van der Waals surface area contributed by atoms with Crippen molar-refractivity contribution in [2.75, 3.05) is 0 Å². The lowest BCUT2D eigenvalue weighted by molar-refractivity contribution is -0.183. The number of benzene rings is 1. The Kier molecular flexibility index (Phi) is 4.74. The van der Waals surface area contributed by atoms with Gasteiger partial charge in [0, 0.05) is 12.1 Å². The Morgan fingerprint density at radius 2 is 1.90 bits per heavy atom. The predicted octanol–water partition coefficient (Wildman–Crippen LogP) is 4.77. The van der Waals surface area contributed by atoms with Crippen molar-refractivity contribution in [1.29, 1.82) is 0 Å². The van der Waals surface area contributed by atoms with Crippen molar-refractivity contribution in [2.45, 2.75) is 57.8 Å². The molecule has 0 spiro atoms. The number of rotatable bonds is 3. The summed E-state index contributed by atoms with van der Waals surface area (Å²) >= 11 is 0. The van der Waals surface area contributed by atoms with Crippen LogP contribution in [0, 0.1) is 12.8 Å². The van der Waals surface area contributed by atoms with Crippen LogP contribution < -0.4 is 5.32 Å². The number of hydrogen-bond acceptors (Lipinski definition) is 1. The summed E-state index contributed by atoms with van der Waals surface area (Å²) in [5, 5.41) is 3.38. The van der Waals surface area contributed by atoms with Crippen molar-refractivity contribution in [3.05, 3.63) is 35.4 Å². The summed E-state index contributed by atoms with van der Waals surface area (Å²) in [5.41, 5.74) is 2.34. The highest BCUT2D eigenvalue weighted by molar-refractivity contribution is 5.28. The topological polar surface area (TPSA) is 12.0 Å². The first-order chi connectivity index (χ1) is 9.38. The van der Waals surface area contributed by atoms with Gasteiger partial charge in [-0.25, -0.2) is 0 Å². The van der Waals surface area contributed by atoms with Crippen LogP contribution >= 0.6 is 0 Å². The van der Waals surface area contributed by atoms with Gasteiger partial charge in [0.05, 0.1) is 5.92 Å². The molecule has 1 aliphatic carbocycles. The lowest BCUT2D eigenvalue weighted by Crippen LogP contribution is -2.39. The molecule has 0 aromatic heterocycles. The van der Waals surface area contributed by atoms with Crippen LogP contribution in [0.25, 0.3) is 0 Å². The average molecular weight is 285 g/mol. The van der Waals surface area contributed by atoms with Crippen LogP contribution in [0.4, 0.5) is 13.2 Å². The highest BCUT2D eigenvalue weighted by Gasteiger charge is 2.42. The Hall–Kier alpha value is -1.03. The molecule has 2 rings (SSSR count). The molecule has 1 aromatic carbocycles. The molecule has 0 radical (unpaired) electrons. The Balaban J connectivity index is 1.98. The molecule has 1 aliphatic rings. The fourth-order valence-electron chi connectivity index (χ4n) is 3.15. The van der Waals surface area contributed by atoms with E-state index in [0.29, 0.717) is 6.42 Å². The van der Waals surface area contributed by atoms with Gasteiger partial charge in [0.25, 0.3) is 0 Å². The SMILES string of the molecule is Cc1ccccc1[C@@H](C)NC1CCCC(C(F)(F)F)C1. The number of hydrogen-bond donors (Lipinski definition) is 1. The van der Waals surface area contributed by atoms with Gasteiger partial charge >= 0.3 is 6.18 Å². The second-order valence-electron chi connectivity index (χ2n) is 5.85. The van der Waals surface area contributed by atoms with E-state index in [4.69, 9.17) is 0 Å². The molecule has 0 heterocycles. The highest BCUT2D eigenvalue weighted by Crippen LogP contribution is 2.38. The number of halogens is 3. The molecular formula is C16H22F3N. The molecule has 0 bridgehead atoms. The van der Waals surface area contributed by atoms with Gasteiger partial charge in [-0.3, -0.25) is 0 Å². The zero-order chi connectivity index (χ0) is 14.8. The molecule has 1 N–H and O–H groups in total. The quantitative estimate of drug-likeness (QED) is 0.843. The van der Waals surface area contributed by atoms with Gasteiger partial charge in [0.2, 0.25) is 0 Å². The van der Waals surface area contributed by atoms with E-state index in [2.05, 4.69) is 5.32 Å². The first kappa shape index (κ1) is 15.4. The van der Waals surface area contributed by atoms with E-state index in [1.165, 1.54) is 11.1 Å². The van der Waals surface area contributed by atoms with Gasteiger partial charge < -0.3 is 5.32 Å². The minimum absolute atomic E-state index is 0.0371. The zero-order valence-electron chi connectivity index (χ0n) is 12.0. The zero-order valence-corrected chi connectivity index (χ0v) is 12.0. The molecule has 1 aromatic rings. The van der Waals surface area contributed by atoms with Crippen LogP contribution in [-0.2, 0) is 0 Å². The monoisotopic (exact) mass is 285 g/mol. The minimum atomic E-state index is -4.05. The van der Waals surface area contributed by atoms with Crippen LogP contribution in [0.2, 0.25) is 0 Å². The second-order valence-corrected chi connectivity index (χ2v) is 5.85. The number of aryl methyl sites for hydroxylation is 1. The van der Waals surface area contributed by atoms with Gasteiger partial charge in [-0.1, -0.05) is 30.7 Å². The molecule has 2 unspecified atom stereocenters. The maximum Gasteiger partial charge on any atom is 0.391 e. The molecular weight excluding hydrogens is 263 g/mol. The van der Waals surface area contributed by atoms with Crippen LogP contribution in [0.3, 0.4) is 0 Å². The number of nitrogens with one attached hydrogen (secondary N) is 1. The van der Waals surface area contributed by atoms with E-state index in [-0.39, 0.29) is 24.9 Å². The van der Waals surface area contributed by atoms with Crippen LogP contribution in [0.5, 0.6) is 0 Å². The van der Waals surface area contributed by atoms with Crippen molar-refractivity contribution in [3.8, 4) is 0 Å². The lowest BCUT2D eigenvalue weighted by Gasteiger charge is -2.33. The molecule has 20 heavy (non-hydrogen) atoms. The summed E-state index contributed by atoms with van der Waals surface area (Å²) in [5.74, 6) is -1.14. The van der Waals surface area contributed by atoms with Gasteiger partial charge in [-0.15, -0.1) is 0 Å². The Labute approximate surface area is 118 Å². The summed E-state index contributed by atoms with van der Waals surface area (Å²) in [6, 6.07) is 8.08. The molecule has 0 aliphatic heterocycles. The Morgan fingerprint density at radius 1 is 1.20 bits per heavy atom. The smallest absolute Gasteiger partial charge is 0.307 e. The summed E-state index contributed by atoms with van der Waals surface area (Å²) in [7, 11) is 0. The normalized spacial score (nSPS) is 25.4. The van der Waals surface area contributed by atoms with E-state index in [1.54, 1.807) is 0 Å². The lowest BCUT2D eigenvalue weighted by atomic mass is 9.84. The third-order valence-electron chi connectivity index (χ3n) is 4.28. The summed E-state index contributed by atoms with van der Waals surface area (Å²) in [6.07, 6.45) is -2.07. The Bertz CT molecular complexity index is 442. The maximum atomic E-state index is 12.8. The van der Waals surface area contributed by atoms with E-state index in [9.17, 15) is 13.2 Å². The van der Waals surface area contributed by atoms with Crippen molar-refractivity contribution < 1.29 is 13.2 Å². The van der Waals surface area contributed by atoms with E-state index < -0.39 is 12.1 Å². The fraction of sp³-hybridized carbons (Fsp3) is 0.625. The van der Waals surface area contributed by atoms with E-state index in [1.807, 2.05) is 38.1 Å². The van der Waals surface area contributed by atoms with Gasteiger partial charge in [-0.2, -0.15) is 13.2 Å². The van der Waals surface area contributed by atoms with E-state index >= 15 is 0 Å². The Morgan fingerprint density at radius 3 is 2.55 bits per heavy atom. The van der Waals surface area contributed by atoms with Crippen molar-refractivity contribution >= 4 is 0 Å². The third-order valence-corrected chi connectivity index (χ3v) is 4.28. The average Bonchev–Trinajstić information content (AvgIpc) is 2.38. The largest absolute Gasteiger partial charge is 0.391 e. The number of alkyl halides is 3. The van der Waals surface area contributed by atoms with Crippen LogP contribution in [0.15, 0.2) is 24.3 Å². The van der Waals surface area contributed by atoms with Crippen molar-refractivity contribution in [3.63, 3.8) is 0 Å². The molecule has 1 fully saturated rings. The van der Waals surface area contributed by atoms with Crippen LogP contribution in [-0.4, -0.2) is 12.2 Å². The molecule has 0 saturated heterocycles. The molecule has 0 amide bonds. The summed E-state index contributed by atoms with van der Waals surface area (Å²) in [4.78, 5) is 0. The first-order valence-electron chi connectivity index (χ1n) is 7.26. The maximum absolute atomic E-state index is 12.8. The molecule has 4 heteroatoms. The van der Waals surface area contributed by atoms with Gasteiger partial charge in [-0.05, 0) is 44.2 Å². The van der Waals surface area contributed by atoms with Crippen molar-refractivity contribution in [1.82, 2.24) is 5.32 Å². The molecule has 1 saturated carbocycles. The van der Waals surface area contributed by atoms with Gasteiger partial charge in [0.1, 0.15) is 0 Å². The minimum Gasteiger partial charge on any atom is -0.307 e. The van der Waals surface area contributed by atoms with Crippen LogP contribution in [0.1, 0.15) is 49.8 Å². The molecule has 1 nitrogen and oxygen atoms in total. The second kappa shape index (κ2) is 6.17.